The van der Waals surface area contributed by atoms with Gasteiger partial charge in [-0.05, 0) is 31.2 Å². The predicted octanol–water partition coefficient (Wildman–Crippen LogP) is 4.08. The molecule has 0 atom stereocenters. The van der Waals surface area contributed by atoms with Gasteiger partial charge in [0, 0.05) is 11.3 Å². The van der Waals surface area contributed by atoms with Crippen LogP contribution >= 0.6 is 11.8 Å². The van der Waals surface area contributed by atoms with Gasteiger partial charge in [-0.3, -0.25) is 9.36 Å². The number of hydrogen-bond donors (Lipinski definition) is 1. The van der Waals surface area contributed by atoms with Crippen molar-refractivity contribution in [3.8, 4) is 17.1 Å². The van der Waals surface area contributed by atoms with Crippen LogP contribution in [0, 0.1) is 6.92 Å². The highest BCUT2D eigenvalue weighted by atomic mass is 32.2. The third kappa shape index (κ3) is 4.66. The molecular weight excluding hydrogens is 398 g/mol. The zero-order valence-electron chi connectivity index (χ0n) is 16.2. The van der Waals surface area contributed by atoms with Crippen LogP contribution in [-0.4, -0.2) is 32.6 Å². The van der Waals surface area contributed by atoms with Crippen molar-refractivity contribution >= 4 is 23.9 Å². The summed E-state index contributed by atoms with van der Waals surface area (Å²) in [7, 11) is 0. The van der Waals surface area contributed by atoms with Crippen LogP contribution in [0.25, 0.3) is 17.1 Å². The molecule has 8 heteroatoms. The van der Waals surface area contributed by atoms with Crippen molar-refractivity contribution in [2.75, 3.05) is 5.75 Å². The number of furan rings is 1. The number of hydrazone groups is 1. The Morgan fingerprint density at radius 3 is 2.50 bits per heavy atom. The number of carbonyl (C=O) groups is 1. The number of nitrogens with one attached hydrogen (secondary N) is 1. The Hall–Kier alpha value is -3.65. The fraction of sp³-hybridized carbons (Fsp3) is 0.0909. The molecule has 1 N–H and O–H groups in total. The number of hydrogen-bond acceptors (Lipinski definition) is 6. The van der Waals surface area contributed by atoms with E-state index in [1.54, 1.807) is 6.07 Å². The Balaban J connectivity index is 1.49. The zero-order valence-corrected chi connectivity index (χ0v) is 17.0. The SMILES string of the molecule is Cc1ccc(/C=N/NC(=O)CSc2nnc(-c3ccccc3)n2-c2ccccc2)o1. The van der Waals surface area contributed by atoms with Gasteiger partial charge in [-0.1, -0.05) is 60.3 Å². The van der Waals surface area contributed by atoms with Gasteiger partial charge >= 0.3 is 0 Å². The third-order valence-electron chi connectivity index (χ3n) is 4.15. The molecule has 0 saturated heterocycles. The highest BCUT2D eigenvalue weighted by Gasteiger charge is 2.16. The molecular formula is C22H19N5O2S. The Labute approximate surface area is 177 Å². The lowest BCUT2D eigenvalue weighted by molar-refractivity contribution is -0.118. The van der Waals surface area contributed by atoms with Crippen molar-refractivity contribution in [1.82, 2.24) is 20.2 Å². The van der Waals surface area contributed by atoms with Gasteiger partial charge in [-0.25, -0.2) is 5.43 Å². The van der Waals surface area contributed by atoms with Crippen LogP contribution < -0.4 is 5.43 Å². The molecule has 0 fully saturated rings. The summed E-state index contributed by atoms with van der Waals surface area (Å²) in [6, 6.07) is 23.3. The highest BCUT2D eigenvalue weighted by molar-refractivity contribution is 7.99. The van der Waals surface area contributed by atoms with Crippen molar-refractivity contribution in [2.45, 2.75) is 12.1 Å². The molecule has 0 spiro atoms. The molecule has 30 heavy (non-hydrogen) atoms. The largest absolute Gasteiger partial charge is 0.460 e. The minimum absolute atomic E-state index is 0.147. The van der Waals surface area contributed by atoms with Gasteiger partial charge in [-0.2, -0.15) is 5.10 Å². The first-order valence-corrected chi connectivity index (χ1v) is 10.3. The molecule has 0 saturated carbocycles. The summed E-state index contributed by atoms with van der Waals surface area (Å²) in [4.78, 5) is 12.2. The standard InChI is InChI=1S/C22H19N5O2S/c1-16-12-13-19(29-16)14-23-24-20(28)15-30-22-26-25-21(17-8-4-2-5-9-17)27(22)18-10-6-3-7-11-18/h2-14H,15H2,1H3,(H,24,28)/b23-14+. The minimum atomic E-state index is -0.247. The van der Waals surface area contributed by atoms with E-state index in [0.717, 1.165) is 22.8 Å². The molecule has 0 unspecified atom stereocenters. The van der Waals surface area contributed by atoms with Crippen molar-refractivity contribution < 1.29 is 9.21 Å². The monoisotopic (exact) mass is 417 g/mol. The second kappa shape index (κ2) is 9.23. The number of thioether (sulfide) groups is 1. The molecule has 150 valence electrons. The summed E-state index contributed by atoms with van der Waals surface area (Å²) in [5.74, 6) is 1.98. The molecule has 7 nitrogen and oxygen atoms in total. The van der Waals surface area contributed by atoms with Crippen molar-refractivity contribution in [1.29, 1.82) is 0 Å². The van der Waals surface area contributed by atoms with E-state index < -0.39 is 0 Å². The lowest BCUT2D eigenvalue weighted by Crippen LogP contribution is -2.19. The lowest BCUT2D eigenvalue weighted by Gasteiger charge is -2.10. The topological polar surface area (TPSA) is 85.3 Å². The second-order valence-electron chi connectivity index (χ2n) is 6.37. The van der Waals surface area contributed by atoms with E-state index in [1.807, 2.05) is 78.2 Å². The number of para-hydroxylation sites is 1. The van der Waals surface area contributed by atoms with E-state index >= 15 is 0 Å². The smallest absolute Gasteiger partial charge is 0.250 e. The third-order valence-corrected chi connectivity index (χ3v) is 5.08. The molecule has 1 amide bonds. The van der Waals surface area contributed by atoms with Gasteiger partial charge < -0.3 is 4.42 Å². The van der Waals surface area contributed by atoms with Crippen molar-refractivity contribution in [3.05, 3.63) is 84.3 Å². The predicted molar refractivity (Wildman–Crippen MR) is 117 cm³/mol. The number of aromatic nitrogens is 3. The van der Waals surface area contributed by atoms with Crippen LogP contribution in [0.1, 0.15) is 11.5 Å². The first kappa shape index (κ1) is 19.7. The molecule has 4 rings (SSSR count). The Morgan fingerprint density at radius 1 is 1.07 bits per heavy atom. The molecule has 2 aromatic carbocycles. The maximum atomic E-state index is 12.2. The normalized spacial score (nSPS) is 11.1. The van der Waals surface area contributed by atoms with Gasteiger partial charge in [0.15, 0.2) is 11.0 Å². The molecule has 0 radical (unpaired) electrons. The van der Waals surface area contributed by atoms with E-state index in [1.165, 1.54) is 18.0 Å². The number of rotatable bonds is 7. The number of benzene rings is 2. The van der Waals surface area contributed by atoms with Crippen LogP contribution in [0.2, 0.25) is 0 Å². The summed E-state index contributed by atoms with van der Waals surface area (Å²) in [5.41, 5.74) is 4.37. The first-order chi connectivity index (χ1) is 14.7. The van der Waals surface area contributed by atoms with E-state index in [-0.39, 0.29) is 11.7 Å². The van der Waals surface area contributed by atoms with Gasteiger partial charge in [0.25, 0.3) is 5.91 Å². The fourth-order valence-electron chi connectivity index (χ4n) is 2.80. The number of nitrogens with zero attached hydrogens (tertiary/aromatic N) is 4. The van der Waals surface area contributed by atoms with Crippen molar-refractivity contribution in [3.63, 3.8) is 0 Å². The first-order valence-electron chi connectivity index (χ1n) is 9.28. The van der Waals surface area contributed by atoms with Gasteiger partial charge in [-0.15, -0.1) is 10.2 Å². The quantitative estimate of drug-likeness (QED) is 0.278. The average Bonchev–Trinajstić information content (AvgIpc) is 3.39. The number of carbonyl (C=O) groups excluding carboxylic acids is 1. The van der Waals surface area contributed by atoms with Gasteiger partial charge in [0.05, 0.1) is 12.0 Å². The van der Waals surface area contributed by atoms with Gasteiger partial charge in [0.1, 0.15) is 11.5 Å². The molecule has 0 aliphatic heterocycles. The van der Waals surface area contributed by atoms with Crippen LogP contribution in [0.5, 0.6) is 0 Å². The number of amides is 1. The lowest BCUT2D eigenvalue weighted by atomic mass is 10.2. The minimum Gasteiger partial charge on any atom is -0.460 e. The van der Waals surface area contributed by atoms with E-state index in [9.17, 15) is 4.79 Å². The Bertz CT molecular complexity index is 1150. The molecule has 2 heterocycles. The molecule has 0 bridgehead atoms. The fourth-order valence-corrected chi connectivity index (χ4v) is 3.54. The maximum Gasteiger partial charge on any atom is 0.250 e. The van der Waals surface area contributed by atoms with Crippen molar-refractivity contribution in [2.24, 2.45) is 5.10 Å². The molecule has 2 aromatic heterocycles. The highest BCUT2D eigenvalue weighted by Crippen LogP contribution is 2.27. The van der Waals surface area contributed by atoms with E-state index in [2.05, 4.69) is 20.7 Å². The summed E-state index contributed by atoms with van der Waals surface area (Å²) in [6.07, 6.45) is 1.47. The zero-order chi connectivity index (χ0) is 20.8. The van der Waals surface area contributed by atoms with E-state index in [4.69, 9.17) is 4.42 Å². The van der Waals surface area contributed by atoms with Crippen LogP contribution in [0.15, 0.2) is 87.5 Å². The Kier molecular flexibility index (Phi) is 6.05. The van der Waals surface area contributed by atoms with Gasteiger partial charge in [0.2, 0.25) is 0 Å². The molecule has 0 aliphatic rings. The summed E-state index contributed by atoms with van der Waals surface area (Å²) < 4.78 is 7.32. The summed E-state index contributed by atoms with van der Waals surface area (Å²) in [5, 5.41) is 13.2. The number of aryl methyl sites for hydroxylation is 1. The molecule has 0 aliphatic carbocycles. The van der Waals surface area contributed by atoms with Crippen LogP contribution in [-0.2, 0) is 4.79 Å². The van der Waals surface area contributed by atoms with Crippen LogP contribution in [0.4, 0.5) is 0 Å². The average molecular weight is 417 g/mol. The second-order valence-corrected chi connectivity index (χ2v) is 7.32. The summed E-state index contributed by atoms with van der Waals surface area (Å²) >= 11 is 1.30. The maximum absolute atomic E-state index is 12.2. The molecule has 4 aromatic rings. The van der Waals surface area contributed by atoms with Crippen LogP contribution in [0.3, 0.4) is 0 Å². The Morgan fingerprint density at radius 2 is 1.80 bits per heavy atom. The summed E-state index contributed by atoms with van der Waals surface area (Å²) in [6.45, 7) is 1.85. The van der Waals surface area contributed by atoms with E-state index in [0.29, 0.717) is 10.9 Å².